The van der Waals surface area contributed by atoms with Gasteiger partial charge in [-0.1, -0.05) is 35.4 Å². The second-order valence-corrected chi connectivity index (χ2v) is 5.34. The van der Waals surface area contributed by atoms with Crippen LogP contribution in [0.5, 0.6) is 0 Å². The lowest BCUT2D eigenvalue weighted by Crippen LogP contribution is -2.16. The quantitative estimate of drug-likeness (QED) is 0.604. The summed E-state index contributed by atoms with van der Waals surface area (Å²) in [5.74, 6) is -0.336. The number of hydrogen-bond acceptors (Lipinski definition) is 1. The Morgan fingerprint density at radius 2 is 2.28 bits per heavy atom. The lowest BCUT2D eigenvalue weighted by molar-refractivity contribution is 0.626. The second kappa shape index (κ2) is 6.35. The molecule has 1 fully saturated rings. The van der Waals surface area contributed by atoms with E-state index in [1.807, 2.05) is 6.07 Å². The van der Waals surface area contributed by atoms with E-state index in [-0.39, 0.29) is 10.8 Å². The molecule has 0 bridgehead atoms. The third-order valence-corrected chi connectivity index (χ3v) is 3.57. The molecule has 0 amide bonds. The molecule has 0 aromatic heterocycles. The van der Waals surface area contributed by atoms with E-state index in [1.54, 1.807) is 6.07 Å². The maximum Gasteiger partial charge on any atom is 0.142 e. The van der Waals surface area contributed by atoms with Crippen LogP contribution in [-0.2, 0) is 6.42 Å². The van der Waals surface area contributed by atoms with Crippen molar-refractivity contribution in [1.29, 1.82) is 0 Å². The minimum Gasteiger partial charge on any atom is -0.314 e. The first-order valence-corrected chi connectivity index (χ1v) is 6.86. The van der Waals surface area contributed by atoms with Gasteiger partial charge in [0.15, 0.2) is 0 Å². The summed E-state index contributed by atoms with van der Waals surface area (Å²) < 4.78 is 13.3. The number of benzene rings is 1. The first-order chi connectivity index (χ1) is 8.66. The predicted molar refractivity (Wildman–Crippen MR) is 74.5 cm³/mol. The Morgan fingerprint density at radius 1 is 1.50 bits per heavy atom. The van der Waals surface area contributed by atoms with E-state index in [4.69, 9.17) is 11.6 Å². The highest BCUT2D eigenvalue weighted by molar-refractivity contribution is 6.31. The normalized spacial score (nSPS) is 16.1. The third-order valence-electron chi connectivity index (χ3n) is 3.15. The zero-order valence-corrected chi connectivity index (χ0v) is 11.4. The molecule has 1 saturated carbocycles. The fraction of sp³-hybridized carbons (Fsp3) is 0.467. The van der Waals surface area contributed by atoms with Crippen molar-refractivity contribution in [1.82, 2.24) is 5.32 Å². The summed E-state index contributed by atoms with van der Waals surface area (Å²) in [7, 11) is 0. The first kappa shape index (κ1) is 13.6. The number of hydrogen-bond donors (Lipinski definition) is 1. The van der Waals surface area contributed by atoms with Crippen molar-refractivity contribution in [2.24, 2.45) is 0 Å². The molecule has 98 valence electrons. The summed E-state index contributed by atoms with van der Waals surface area (Å²) in [5, 5.41) is 3.72. The molecule has 1 aliphatic rings. The molecule has 0 saturated heterocycles. The Bertz CT molecular complexity index is 438. The SMILES string of the molecule is C/C(=C/CCNC1CC1)Cc1cccc(F)c1Cl. The molecule has 1 aromatic carbocycles. The van der Waals surface area contributed by atoms with Gasteiger partial charge in [0.25, 0.3) is 0 Å². The van der Waals surface area contributed by atoms with E-state index in [0.717, 1.165) is 31.0 Å². The zero-order chi connectivity index (χ0) is 13.0. The molecule has 0 atom stereocenters. The van der Waals surface area contributed by atoms with Crippen LogP contribution in [0.3, 0.4) is 0 Å². The van der Waals surface area contributed by atoms with Gasteiger partial charge in [-0.25, -0.2) is 4.39 Å². The molecular weight excluding hydrogens is 249 g/mol. The molecular formula is C15H19ClFN. The van der Waals surface area contributed by atoms with Crippen LogP contribution in [-0.4, -0.2) is 12.6 Å². The highest BCUT2D eigenvalue weighted by Gasteiger charge is 2.19. The van der Waals surface area contributed by atoms with Gasteiger partial charge in [-0.2, -0.15) is 0 Å². The van der Waals surface area contributed by atoms with E-state index < -0.39 is 0 Å². The van der Waals surface area contributed by atoms with Crippen molar-refractivity contribution in [3.8, 4) is 0 Å². The van der Waals surface area contributed by atoms with E-state index in [0.29, 0.717) is 0 Å². The summed E-state index contributed by atoms with van der Waals surface area (Å²) in [5.41, 5.74) is 2.10. The molecule has 18 heavy (non-hydrogen) atoms. The smallest absolute Gasteiger partial charge is 0.142 e. The van der Waals surface area contributed by atoms with Crippen molar-refractivity contribution in [3.05, 3.63) is 46.3 Å². The number of rotatable bonds is 6. The first-order valence-electron chi connectivity index (χ1n) is 6.48. The summed E-state index contributed by atoms with van der Waals surface area (Å²) in [4.78, 5) is 0. The summed E-state index contributed by atoms with van der Waals surface area (Å²) in [6.45, 7) is 3.09. The number of allylic oxidation sites excluding steroid dienone is 1. The van der Waals surface area contributed by atoms with Crippen molar-refractivity contribution in [3.63, 3.8) is 0 Å². The molecule has 3 heteroatoms. The molecule has 1 N–H and O–H groups in total. The van der Waals surface area contributed by atoms with Gasteiger partial charge in [0, 0.05) is 6.04 Å². The van der Waals surface area contributed by atoms with Crippen molar-refractivity contribution in [2.75, 3.05) is 6.54 Å². The predicted octanol–water partition coefficient (Wildman–Crippen LogP) is 4.11. The van der Waals surface area contributed by atoms with Crippen LogP contribution >= 0.6 is 11.6 Å². The topological polar surface area (TPSA) is 12.0 Å². The molecule has 1 nitrogen and oxygen atoms in total. The van der Waals surface area contributed by atoms with Gasteiger partial charge in [-0.15, -0.1) is 0 Å². The van der Waals surface area contributed by atoms with Crippen LogP contribution in [0.2, 0.25) is 5.02 Å². The average molecular weight is 268 g/mol. The minimum atomic E-state index is -0.336. The fourth-order valence-electron chi connectivity index (χ4n) is 1.95. The second-order valence-electron chi connectivity index (χ2n) is 4.96. The molecule has 0 unspecified atom stereocenters. The van der Waals surface area contributed by atoms with Crippen LogP contribution in [0.4, 0.5) is 4.39 Å². The van der Waals surface area contributed by atoms with Gasteiger partial charge < -0.3 is 5.32 Å². The lowest BCUT2D eigenvalue weighted by atomic mass is 10.1. The molecule has 0 spiro atoms. The highest BCUT2D eigenvalue weighted by atomic mass is 35.5. The van der Waals surface area contributed by atoms with Crippen LogP contribution in [0.25, 0.3) is 0 Å². The van der Waals surface area contributed by atoms with Crippen LogP contribution in [0.15, 0.2) is 29.8 Å². The molecule has 0 aliphatic heterocycles. The van der Waals surface area contributed by atoms with Crippen LogP contribution < -0.4 is 5.32 Å². The van der Waals surface area contributed by atoms with Gasteiger partial charge in [-0.05, 0) is 50.8 Å². The molecule has 2 rings (SSSR count). The van der Waals surface area contributed by atoms with Gasteiger partial charge in [0.2, 0.25) is 0 Å². The standard InChI is InChI=1S/C15H19ClFN/c1-11(4-3-9-18-13-7-8-13)10-12-5-2-6-14(17)15(12)16/h2,4-6,13,18H,3,7-10H2,1H3/b11-4-. The van der Waals surface area contributed by atoms with E-state index in [1.165, 1.54) is 24.5 Å². The third kappa shape index (κ3) is 4.11. The summed E-state index contributed by atoms with van der Waals surface area (Å²) >= 11 is 5.93. The van der Waals surface area contributed by atoms with Crippen LogP contribution in [0, 0.1) is 5.82 Å². The van der Waals surface area contributed by atoms with Gasteiger partial charge in [-0.3, -0.25) is 0 Å². The molecule has 0 radical (unpaired) electrons. The molecule has 1 aromatic rings. The Balaban J connectivity index is 1.83. The van der Waals surface area contributed by atoms with E-state index >= 15 is 0 Å². The average Bonchev–Trinajstić information content (AvgIpc) is 3.15. The highest BCUT2D eigenvalue weighted by Crippen LogP contribution is 2.22. The number of nitrogens with one attached hydrogen (secondary N) is 1. The fourth-order valence-corrected chi connectivity index (χ4v) is 2.14. The lowest BCUT2D eigenvalue weighted by Gasteiger charge is -2.06. The van der Waals surface area contributed by atoms with Crippen LogP contribution in [0.1, 0.15) is 31.7 Å². The summed E-state index contributed by atoms with van der Waals surface area (Å²) in [6, 6.07) is 5.74. The number of halogens is 2. The Kier molecular flexibility index (Phi) is 4.79. The van der Waals surface area contributed by atoms with E-state index in [9.17, 15) is 4.39 Å². The maximum absolute atomic E-state index is 13.3. The van der Waals surface area contributed by atoms with Gasteiger partial charge in [0.1, 0.15) is 5.82 Å². The summed E-state index contributed by atoms with van der Waals surface area (Å²) in [6.07, 6.45) is 6.59. The van der Waals surface area contributed by atoms with Gasteiger partial charge in [0.05, 0.1) is 5.02 Å². The van der Waals surface area contributed by atoms with Crippen molar-refractivity contribution >= 4 is 11.6 Å². The largest absolute Gasteiger partial charge is 0.314 e. The van der Waals surface area contributed by atoms with Crippen molar-refractivity contribution < 1.29 is 4.39 Å². The Morgan fingerprint density at radius 3 is 3.00 bits per heavy atom. The minimum absolute atomic E-state index is 0.251. The molecule has 1 aliphatic carbocycles. The monoisotopic (exact) mass is 267 g/mol. The molecule has 0 heterocycles. The Hall–Kier alpha value is -0.860. The Labute approximate surface area is 113 Å². The maximum atomic E-state index is 13.3. The van der Waals surface area contributed by atoms with E-state index in [2.05, 4.69) is 18.3 Å². The zero-order valence-electron chi connectivity index (χ0n) is 10.7. The van der Waals surface area contributed by atoms with Crippen molar-refractivity contribution in [2.45, 2.75) is 38.6 Å². The van der Waals surface area contributed by atoms with Gasteiger partial charge >= 0.3 is 0 Å².